The van der Waals surface area contributed by atoms with Gasteiger partial charge in [0.25, 0.3) is 5.69 Å². The molecule has 3 nitrogen and oxygen atoms in total. The molecule has 1 saturated carbocycles. The number of rotatable bonds is 5. The normalized spacial score (nSPS) is 17.5. The second-order valence-corrected chi connectivity index (χ2v) is 5.86. The lowest BCUT2D eigenvalue weighted by atomic mass is 9.72. The highest BCUT2D eigenvalue weighted by molar-refractivity contribution is 7.99. The summed E-state index contributed by atoms with van der Waals surface area (Å²) >= 11 is 5.99. The SMILES string of the molecule is O=[N+]([O-])c1ccccc1SCC1(CS)CCC1. The molecule has 0 spiro atoms. The van der Waals surface area contributed by atoms with Crippen molar-refractivity contribution in [3.63, 3.8) is 0 Å². The molecule has 0 heterocycles. The molecule has 0 N–H and O–H groups in total. The number of nitro benzene ring substituents is 1. The van der Waals surface area contributed by atoms with Crippen LogP contribution in [0.1, 0.15) is 19.3 Å². The lowest BCUT2D eigenvalue weighted by Crippen LogP contribution is -2.33. The van der Waals surface area contributed by atoms with Crippen LogP contribution in [0, 0.1) is 15.5 Å². The van der Waals surface area contributed by atoms with Crippen LogP contribution in [0.25, 0.3) is 0 Å². The largest absolute Gasteiger partial charge is 0.282 e. The molecule has 0 saturated heterocycles. The van der Waals surface area contributed by atoms with E-state index in [2.05, 4.69) is 12.6 Å². The highest BCUT2D eigenvalue weighted by atomic mass is 32.2. The summed E-state index contributed by atoms with van der Waals surface area (Å²) in [7, 11) is 0. The summed E-state index contributed by atoms with van der Waals surface area (Å²) in [6.45, 7) is 0. The van der Waals surface area contributed by atoms with E-state index in [0.717, 1.165) is 16.4 Å². The highest BCUT2D eigenvalue weighted by Crippen LogP contribution is 2.46. The number of benzene rings is 1. The number of hydrogen-bond donors (Lipinski definition) is 1. The van der Waals surface area contributed by atoms with Crippen LogP contribution >= 0.6 is 24.4 Å². The Bertz CT molecular complexity index is 413. The van der Waals surface area contributed by atoms with Gasteiger partial charge in [-0.25, -0.2) is 0 Å². The fourth-order valence-electron chi connectivity index (χ4n) is 1.99. The second-order valence-electron chi connectivity index (χ2n) is 4.53. The molecular weight excluding hydrogens is 254 g/mol. The second kappa shape index (κ2) is 5.31. The smallest absolute Gasteiger partial charge is 0.258 e. The summed E-state index contributed by atoms with van der Waals surface area (Å²) in [5.41, 5.74) is 0.517. The van der Waals surface area contributed by atoms with E-state index >= 15 is 0 Å². The van der Waals surface area contributed by atoms with E-state index < -0.39 is 0 Å². The summed E-state index contributed by atoms with van der Waals surface area (Å²) in [6, 6.07) is 6.95. The maximum Gasteiger partial charge on any atom is 0.282 e. The molecule has 0 aliphatic heterocycles. The van der Waals surface area contributed by atoms with Gasteiger partial charge >= 0.3 is 0 Å². The Morgan fingerprint density at radius 2 is 2.12 bits per heavy atom. The molecule has 5 heteroatoms. The third kappa shape index (κ3) is 2.77. The average molecular weight is 269 g/mol. The van der Waals surface area contributed by atoms with Crippen molar-refractivity contribution < 1.29 is 4.92 Å². The molecule has 0 radical (unpaired) electrons. The van der Waals surface area contributed by atoms with Crippen molar-refractivity contribution in [2.45, 2.75) is 24.2 Å². The number of nitrogens with zero attached hydrogens (tertiary/aromatic N) is 1. The van der Waals surface area contributed by atoms with Gasteiger partial charge in [-0.1, -0.05) is 18.6 Å². The number of thioether (sulfide) groups is 1. The fraction of sp³-hybridized carbons (Fsp3) is 0.500. The number of para-hydroxylation sites is 1. The highest BCUT2D eigenvalue weighted by Gasteiger charge is 2.35. The Morgan fingerprint density at radius 3 is 2.65 bits per heavy atom. The lowest BCUT2D eigenvalue weighted by Gasteiger charge is -2.40. The monoisotopic (exact) mass is 269 g/mol. The van der Waals surface area contributed by atoms with Gasteiger partial charge < -0.3 is 0 Å². The molecule has 0 aromatic heterocycles. The maximum atomic E-state index is 10.9. The minimum absolute atomic E-state index is 0.214. The number of thiol groups is 1. The molecule has 0 amide bonds. The van der Waals surface area contributed by atoms with Crippen molar-refractivity contribution in [3.8, 4) is 0 Å². The van der Waals surface area contributed by atoms with Crippen molar-refractivity contribution in [3.05, 3.63) is 34.4 Å². The van der Waals surface area contributed by atoms with E-state index in [1.54, 1.807) is 23.9 Å². The third-order valence-electron chi connectivity index (χ3n) is 3.35. The molecular formula is C12H15NO2S2. The molecule has 0 bridgehead atoms. The molecule has 92 valence electrons. The third-order valence-corrected chi connectivity index (χ3v) is 5.43. The van der Waals surface area contributed by atoms with Crippen LogP contribution in [-0.4, -0.2) is 16.4 Å². The molecule has 2 rings (SSSR count). The number of nitro groups is 1. The first-order valence-electron chi connectivity index (χ1n) is 5.64. The molecule has 0 unspecified atom stereocenters. The fourth-order valence-corrected chi connectivity index (χ4v) is 3.88. The van der Waals surface area contributed by atoms with Gasteiger partial charge in [0.05, 0.1) is 9.82 Å². The zero-order valence-corrected chi connectivity index (χ0v) is 11.2. The van der Waals surface area contributed by atoms with Crippen molar-refractivity contribution in [1.29, 1.82) is 0 Å². The van der Waals surface area contributed by atoms with Crippen LogP contribution in [0.2, 0.25) is 0 Å². The van der Waals surface area contributed by atoms with Crippen LogP contribution in [0.4, 0.5) is 5.69 Å². The Labute approximate surface area is 111 Å². The summed E-state index contributed by atoms with van der Waals surface area (Å²) in [5.74, 6) is 1.81. The molecule has 1 aromatic carbocycles. The van der Waals surface area contributed by atoms with Crippen molar-refractivity contribution in [2.75, 3.05) is 11.5 Å². The number of hydrogen-bond acceptors (Lipinski definition) is 4. The molecule has 17 heavy (non-hydrogen) atoms. The predicted octanol–water partition coefficient (Wildman–Crippen LogP) is 3.79. The average Bonchev–Trinajstić information content (AvgIpc) is 2.28. The molecule has 1 fully saturated rings. The van der Waals surface area contributed by atoms with E-state index in [0.29, 0.717) is 5.41 Å². The van der Waals surface area contributed by atoms with Crippen LogP contribution < -0.4 is 0 Å². The Hall–Kier alpha value is -0.680. The van der Waals surface area contributed by atoms with Gasteiger partial charge in [-0.2, -0.15) is 12.6 Å². The van der Waals surface area contributed by atoms with Gasteiger partial charge in [-0.05, 0) is 30.1 Å². The lowest BCUT2D eigenvalue weighted by molar-refractivity contribution is -0.387. The Balaban J connectivity index is 2.06. The molecule has 0 atom stereocenters. The molecule has 1 aliphatic rings. The quantitative estimate of drug-likeness (QED) is 0.383. The minimum atomic E-state index is -0.309. The first-order chi connectivity index (χ1) is 8.17. The van der Waals surface area contributed by atoms with Gasteiger partial charge in [0.1, 0.15) is 0 Å². The van der Waals surface area contributed by atoms with E-state index in [-0.39, 0.29) is 10.6 Å². The summed E-state index contributed by atoms with van der Waals surface area (Å²) in [4.78, 5) is 11.3. The first-order valence-corrected chi connectivity index (χ1v) is 7.26. The van der Waals surface area contributed by atoms with E-state index in [9.17, 15) is 10.1 Å². The van der Waals surface area contributed by atoms with Crippen LogP contribution in [0.3, 0.4) is 0 Å². The van der Waals surface area contributed by atoms with Gasteiger partial charge in [0.15, 0.2) is 0 Å². The standard InChI is InChI=1S/C12H15NO2S2/c14-13(15)10-4-1-2-5-11(10)17-9-12(8-16)6-3-7-12/h1-2,4-5,16H,3,6-9H2. The van der Waals surface area contributed by atoms with Crippen molar-refractivity contribution in [2.24, 2.45) is 5.41 Å². The summed E-state index contributed by atoms with van der Waals surface area (Å²) in [6.07, 6.45) is 3.66. The first kappa shape index (κ1) is 12.8. The van der Waals surface area contributed by atoms with Gasteiger partial charge in [0.2, 0.25) is 0 Å². The van der Waals surface area contributed by atoms with Gasteiger partial charge in [-0.3, -0.25) is 10.1 Å². The minimum Gasteiger partial charge on any atom is -0.258 e. The Morgan fingerprint density at radius 1 is 1.41 bits per heavy atom. The van der Waals surface area contributed by atoms with E-state index in [4.69, 9.17) is 0 Å². The van der Waals surface area contributed by atoms with Crippen LogP contribution in [-0.2, 0) is 0 Å². The topological polar surface area (TPSA) is 43.1 Å². The van der Waals surface area contributed by atoms with Crippen LogP contribution in [0.15, 0.2) is 29.2 Å². The zero-order valence-electron chi connectivity index (χ0n) is 9.46. The Kier molecular flexibility index (Phi) is 3.99. The van der Waals surface area contributed by atoms with E-state index in [1.165, 1.54) is 19.3 Å². The zero-order chi connectivity index (χ0) is 12.3. The van der Waals surface area contributed by atoms with Crippen molar-refractivity contribution >= 4 is 30.1 Å². The van der Waals surface area contributed by atoms with Gasteiger partial charge in [0, 0.05) is 11.8 Å². The van der Waals surface area contributed by atoms with Gasteiger partial charge in [-0.15, -0.1) is 11.8 Å². The summed E-state index contributed by atoms with van der Waals surface area (Å²) < 4.78 is 0. The molecule has 1 aromatic rings. The van der Waals surface area contributed by atoms with Crippen molar-refractivity contribution in [1.82, 2.24) is 0 Å². The summed E-state index contributed by atoms with van der Waals surface area (Å²) in [5, 5.41) is 10.9. The van der Waals surface area contributed by atoms with Crippen LogP contribution in [0.5, 0.6) is 0 Å². The molecule has 1 aliphatic carbocycles. The maximum absolute atomic E-state index is 10.9. The predicted molar refractivity (Wildman–Crippen MR) is 74.0 cm³/mol. The van der Waals surface area contributed by atoms with E-state index in [1.807, 2.05) is 12.1 Å².